The highest BCUT2D eigenvalue weighted by molar-refractivity contribution is 5.70. The van der Waals surface area contributed by atoms with Gasteiger partial charge >= 0.3 is 5.97 Å². The second-order valence-electron chi connectivity index (χ2n) is 8.07. The van der Waals surface area contributed by atoms with Crippen molar-refractivity contribution in [2.45, 2.75) is 45.7 Å². The Labute approximate surface area is 158 Å². The van der Waals surface area contributed by atoms with Crippen LogP contribution in [0.15, 0.2) is 24.3 Å². The molecule has 5 nitrogen and oxygen atoms in total. The van der Waals surface area contributed by atoms with Crippen LogP contribution in [0.2, 0.25) is 0 Å². The molecule has 1 atom stereocenters. The van der Waals surface area contributed by atoms with Crippen LogP contribution in [0.25, 0.3) is 0 Å². The van der Waals surface area contributed by atoms with Gasteiger partial charge in [0.15, 0.2) is 0 Å². The monoisotopic (exact) mass is 361 g/mol. The first-order chi connectivity index (χ1) is 12.4. The van der Waals surface area contributed by atoms with Gasteiger partial charge in [-0.15, -0.1) is 0 Å². The van der Waals surface area contributed by atoms with Crippen molar-refractivity contribution in [2.24, 2.45) is 11.8 Å². The number of para-hydroxylation sites is 1. The molecular weight excluding hydrogens is 326 g/mol. The Morgan fingerprint density at radius 3 is 2.58 bits per heavy atom. The number of carboxylic acids is 1. The molecule has 26 heavy (non-hydrogen) atoms. The molecule has 1 saturated heterocycles. The lowest BCUT2D eigenvalue weighted by atomic mass is 9.97. The van der Waals surface area contributed by atoms with E-state index in [1.807, 2.05) is 0 Å². The average Bonchev–Trinajstić information content (AvgIpc) is 2.61. The molecule has 1 fully saturated rings. The molecule has 1 aliphatic heterocycles. The van der Waals surface area contributed by atoms with Crippen molar-refractivity contribution in [2.75, 3.05) is 38.6 Å². The van der Waals surface area contributed by atoms with Gasteiger partial charge in [0.25, 0.3) is 0 Å². The van der Waals surface area contributed by atoms with Crippen molar-refractivity contribution in [3.8, 4) is 0 Å². The van der Waals surface area contributed by atoms with Crippen molar-refractivity contribution < 1.29 is 9.90 Å². The molecule has 146 valence electrons. The summed E-state index contributed by atoms with van der Waals surface area (Å²) in [5.41, 5.74) is 2.49. The van der Waals surface area contributed by atoms with Crippen LogP contribution in [0.4, 0.5) is 5.69 Å². The number of likely N-dealkylation sites (tertiary alicyclic amines) is 1. The van der Waals surface area contributed by atoms with Gasteiger partial charge in [0.05, 0.1) is 5.92 Å². The first-order valence-electron chi connectivity index (χ1n) is 9.81. The number of carbonyl (C=O) groups is 1. The number of hydrogen-bond donors (Lipinski definition) is 2. The molecule has 0 aliphatic carbocycles. The van der Waals surface area contributed by atoms with E-state index in [-0.39, 0.29) is 5.92 Å². The van der Waals surface area contributed by atoms with E-state index >= 15 is 0 Å². The topological polar surface area (TPSA) is 55.8 Å². The van der Waals surface area contributed by atoms with Gasteiger partial charge in [-0.25, -0.2) is 0 Å². The molecule has 1 unspecified atom stereocenters. The van der Waals surface area contributed by atoms with Crippen molar-refractivity contribution in [3.63, 3.8) is 0 Å². The summed E-state index contributed by atoms with van der Waals surface area (Å²) in [6.45, 7) is 7.65. The zero-order valence-corrected chi connectivity index (χ0v) is 16.7. The van der Waals surface area contributed by atoms with Crippen LogP contribution in [0.3, 0.4) is 0 Å². The normalized spacial score (nSPS) is 17.4. The molecule has 2 rings (SSSR count). The second kappa shape index (κ2) is 9.93. The number of hydrogen-bond acceptors (Lipinski definition) is 4. The molecule has 0 spiro atoms. The summed E-state index contributed by atoms with van der Waals surface area (Å²) < 4.78 is 0. The molecule has 1 aliphatic rings. The van der Waals surface area contributed by atoms with E-state index < -0.39 is 5.97 Å². The Balaban J connectivity index is 1.96. The minimum atomic E-state index is -0.706. The molecular formula is C21H35N3O2. The Kier molecular flexibility index (Phi) is 7.91. The largest absolute Gasteiger partial charge is 0.481 e. The molecule has 2 N–H and O–H groups in total. The van der Waals surface area contributed by atoms with Gasteiger partial charge in [-0.2, -0.15) is 0 Å². The Hall–Kier alpha value is -1.59. The van der Waals surface area contributed by atoms with E-state index in [4.69, 9.17) is 0 Å². The number of rotatable bonds is 9. The Bertz CT molecular complexity index is 568. The van der Waals surface area contributed by atoms with Crippen LogP contribution < -0.4 is 10.2 Å². The number of nitrogens with one attached hydrogen (secondary N) is 1. The van der Waals surface area contributed by atoms with E-state index in [9.17, 15) is 9.90 Å². The maximum Gasteiger partial charge on any atom is 0.307 e. The van der Waals surface area contributed by atoms with Gasteiger partial charge in [-0.1, -0.05) is 32.0 Å². The highest BCUT2D eigenvalue weighted by atomic mass is 16.4. The highest BCUT2D eigenvalue weighted by Crippen LogP contribution is 2.25. The molecule has 5 heteroatoms. The van der Waals surface area contributed by atoms with Crippen molar-refractivity contribution in [3.05, 3.63) is 29.8 Å². The lowest BCUT2D eigenvalue weighted by molar-refractivity contribution is -0.142. The van der Waals surface area contributed by atoms with Crippen LogP contribution in [0, 0.1) is 11.8 Å². The van der Waals surface area contributed by atoms with Crippen LogP contribution >= 0.6 is 0 Å². The molecule has 0 radical (unpaired) electrons. The number of anilines is 1. The molecule has 0 aromatic heterocycles. The van der Waals surface area contributed by atoms with Crippen LogP contribution in [-0.2, 0) is 11.3 Å². The summed E-state index contributed by atoms with van der Waals surface area (Å²) in [4.78, 5) is 16.2. The van der Waals surface area contributed by atoms with E-state index in [2.05, 4.69) is 67.3 Å². The van der Waals surface area contributed by atoms with Gasteiger partial charge in [0, 0.05) is 31.9 Å². The highest BCUT2D eigenvalue weighted by Gasteiger charge is 2.22. The van der Waals surface area contributed by atoms with E-state index in [1.165, 1.54) is 24.1 Å². The number of piperidine rings is 1. The maximum absolute atomic E-state index is 11.4. The molecule has 1 heterocycles. The first kappa shape index (κ1) is 20.7. The zero-order valence-electron chi connectivity index (χ0n) is 16.7. The average molecular weight is 362 g/mol. The summed E-state index contributed by atoms with van der Waals surface area (Å²) >= 11 is 0. The quantitative estimate of drug-likeness (QED) is 0.708. The predicted octanol–water partition coefficient (Wildman–Crippen LogP) is 3.05. The summed E-state index contributed by atoms with van der Waals surface area (Å²) in [5, 5.41) is 12.8. The van der Waals surface area contributed by atoms with Crippen LogP contribution in [-0.4, -0.2) is 55.7 Å². The van der Waals surface area contributed by atoms with Gasteiger partial charge in [0.1, 0.15) is 0 Å². The summed E-state index contributed by atoms with van der Waals surface area (Å²) in [6, 6.07) is 9.04. The molecule has 1 aromatic carbocycles. The summed E-state index contributed by atoms with van der Waals surface area (Å²) in [5.74, 6) is -0.641. The predicted molar refractivity (Wildman–Crippen MR) is 108 cm³/mol. The summed E-state index contributed by atoms with van der Waals surface area (Å²) in [6.07, 6.45) is 3.08. The molecule has 0 bridgehead atoms. The maximum atomic E-state index is 11.4. The van der Waals surface area contributed by atoms with Crippen LogP contribution in [0.1, 0.15) is 38.7 Å². The van der Waals surface area contributed by atoms with E-state index in [1.54, 1.807) is 0 Å². The fraction of sp³-hybridized carbons (Fsp3) is 0.667. The van der Waals surface area contributed by atoms with Crippen molar-refractivity contribution >= 4 is 11.7 Å². The van der Waals surface area contributed by atoms with Crippen LogP contribution in [0.5, 0.6) is 0 Å². The van der Waals surface area contributed by atoms with Gasteiger partial charge in [-0.3, -0.25) is 4.79 Å². The molecule has 0 saturated carbocycles. The number of carboxylic acid groups (broad SMARTS) is 1. The third-order valence-corrected chi connectivity index (χ3v) is 5.42. The smallest absolute Gasteiger partial charge is 0.307 e. The third-order valence-electron chi connectivity index (χ3n) is 5.42. The lowest BCUT2D eigenvalue weighted by Gasteiger charge is -2.37. The Morgan fingerprint density at radius 2 is 1.96 bits per heavy atom. The number of benzene rings is 1. The fourth-order valence-corrected chi connectivity index (χ4v) is 3.80. The number of nitrogens with zero attached hydrogens (tertiary/aromatic N) is 2. The van der Waals surface area contributed by atoms with Gasteiger partial charge in [-0.05, 0) is 56.9 Å². The third kappa shape index (κ3) is 5.99. The number of aliphatic carboxylic acids is 1. The van der Waals surface area contributed by atoms with Gasteiger partial charge < -0.3 is 20.2 Å². The van der Waals surface area contributed by atoms with Crippen molar-refractivity contribution in [1.82, 2.24) is 10.2 Å². The summed E-state index contributed by atoms with van der Waals surface area (Å²) in [7, 11) is 4.37. The zero-order chi connectivity index (χ0) is 19.1. The standard InChI is InChI=1S/C21H35N3O2/c1-16(2)13-18(21(25)26)15-22-14-17-7-5-6-8-20(17)24(4)19-9-11-23(3)12-10-19/h5-8,16,18-19,22H,9-15H2,1-4H3,(H,25,26). The Morgan fingerprint density at radius 1 is 1.31 bits per heavy atom. The minimum absolute atomic E-state index is 0.325. The fourth-order valence-electron chi connectivity index (χ4n) is 3.80. The van der Waals surface area contributed by atoms with Gasteiger partial charge in [0.2, 0.25) is 0 Å². The SMILES string of the molecule is CC(C)CC(CNCc1ccccc1N(C)C1CCN(C)CC1)C(=O)O. The van der Waals surface area contributed by atoms with E-state index in [0.29, 0.717) is 31.5 Å². The lowest BCUT2D eigenvalue weighted by Crippen LogP contribution is -2.42. The second-order valence-corrected chi connectivity index (χ2v) is 8.07. The van der Waals surface area contributed by atoms with E-state index in [0.717, 1.165) is 13.1 Å². The molecule has 0 amide bonds. The minimum Gasteiger partial charge on any atom is -0.481 e. The van der Waals surface area contributed by atoms with Crippen molar-refractivity contribution in [1.29, 1.82) is 0 Å². The molecule has 1 aromatic rings. The first-order valence-corrected chi connectivity index (χ1v) is 9.81.